The highest BCUT2D eigenvalue weighted by atomic mass is 35.5. The van der Waals surface area contributed by atoms with E-state index < -0.39 is 0 Å². The molecule has 2 aromatic heterocycles. The predicted molar refractivity (Wildman–Crippen MR) is 84.3 cm³/mol. The number of nitrogens with zero attached hydrogens (tertiary/aromatic N) is 4. The summed E-state index contributed by atoms with van der Waals surface area (Å²) in [4.78, 5) is 6.62. The van der Waals surface area contributed by atoms with Crippen molar-refractivity contribution in [1.29, 1.82) is 0 Å². The first-order valence-electron chi connectivity index (χ1n) is 7.77. The normalized spacial score (nSPS) is 27.4. The van der Waals surface area contributed by atoms with Crippen molar-refractivity contribution < 1.29 is 4.42 Å². The first-order chi connectivity index (χ1) is 10.6. The predicted octanol–water partition coefficient (Wildman–Crippen LogP) is 3.29. The number of anilines is 1. The maximum absolute atomic E-state index is 6.47. The molecule has 0 N–H and O–H groups in total. The van der Waals surface area contributed by atoms with Gasteiger partial charge in [0, 0.05) is 26.2 Å². The lowest BCUT2D eigenvalue weighted by atomic mass is 9.80. The second kappa shape index (κ2) is 4.95. The minimum absolute atomic E-state index is 0.0121. The van der Waals surface area contributed by atoms with E-state index in [-0.39, 0.29) is 5.41 Å². The molecule has 4 rings (SSSR count). The second-order valence-electron chi connectivity index (χ2n) is 6.48. The van der Waals surface area contributed by atoms with Crippen LogP contribution in [0.3, 0.4) is 0 Å². The minimum atomic E-state index is -0.0121. The zero-order valence-corrected chi connectivity index (χ0v) is 13.6. The average molecular weight is 319 g/mol. The van der Waals surface area contributed by atoms with E-state index in [1.807, 2.05) is 26.1 Å². The summed E-state index contributed by atoms with van der Waals surface area (Å²) >= 11 is 6.47. The van der Waals surface area contributed by atoms with E-state index in [0.29, 0.717) is 11.8 Å². The van der Waals surface area contributed by atoms with Crippen LogP contribution in [0.1, 0.15) is 36.7 Å². The van der Waals surface area contributed by atoms with Crippen LogP contribution in [0.15, 0.2) is 16.7 Å². The van der Waals surface area contributed by atoms with Crippen molar-refractivity contribution in [3.05, 3.63) is 34.8 Å². The monoisotopic (exact) mass is 318 g/mol. The van der Waals surface area contributed by atoms with Crippen molar-refractivity contribution in [2.24, 2.45) is 5.92 Å². The molecule has 5 nitrogen and oxygen atoms in total. The van der Waals surface area contributed by atoms with E-state index in [9.17, 15) is 0 Å². The first kappa shape index (κ1) is 14.0. The molecule has 3 heterocycles. The lowest BCUT2D eigenvalue weighted by Gasteiger charge is -2.25. The lowest BCUT2D eigenvalue weighted by Crippen LogP contribution is -2.32. The summed E-state index contributed by atoms with van der Waals surface area (Å²) in [7, 11) is 0. The Morgan fingerprint density at radius 2 is 2.23 bits per heavy atom. The van der Waals surface area contributed by atoms with Crippen LogP contribution < -0.4 is 4.90 Å². The third kappa shape index (κ3) is 1.95. The number of pyridine rings is 1. The molecule has 22 heavy (non-hydrogen) atoms. The van der Waals surface area contributed by atoms with Crippen LogP contribution in [0.2, 0.25) is 5.02 Å². The molecule has 6 heteroatoms. The van der Waals surface area contributed by atoms with Gasteiger partial charge in [0.15, 0.2) is 0 Å². The van der Waals surface area contributed by atoms with Gasteiger partial charge < -0.3 is 9.32 Å². The molecule has 0 bridgehead atoms. The third-order valence-corrected chi connectivity index (χ3v) is 5.67. The number of rotatable bonds is 2. The highest BCUT2D eigenvalue weighted by Gasteiger charge is 2.54. The van der Waals surface area contributed by atoms with Crippen LogP contribution in [0, 0.1) is 19.8 Å². The number of hydrogen-bond donors (Lipinski definition) is 0. The molecule has 2 atom stereocenters. The van der Waals surface area contributed by atoms with Crippen molar-refractivity contribution in [2.75, 3.05) is 18.0 Å². The quantitative estimate of drug-likeness (QED) is 0.850. The Morgan fingerprint density at radius 3 is 3.00 bits per heavy atom. The van der Waals surface area contributed by atoms with Gasteiger partial charge in [-0.05, 0) is 31.7 Å². The van der Waals surface area contributed by atoms with Gasteiger partial charge in [-0.25, -0.2) is 0 Å². The summed E-state index contributed by atoms with van der Waals surface area (Å²) in [6.07, 6.45) is 5.37. The Balaban J connectivity index is 1.72. The van der Waals surface area contributed by atoms with Crippen molar-refractivity contribution in [3.8, 4) is 0 Å². The highest BCUT2D eigenvalue weighted by molar-refractivity contribution is 6.33. The van der Waals surface area contributed by atoms with E-state index in [1.54, 1.807) is 0 Å². The highest BCUT2D eigenvalue weighted by Crippen LogP contribution is 2.51. The van der Waals surface area contributed by atoms with Crippen LogP contribution in [0.5, 0.6) is 0 Å². The van der Waals surface area contributed by atoms with E-state index in [2.05, 4.69) is 20.1 Å². The molecular formula is C16H19ClN4O. The number of aromatic nitrogens is 3. The maximum Gasteiger partial charge on any atom is 0.224 e. The molecule has 2 fully saturated rings. The molecule has 2 aromatic rings. The maximum atomic E-state index is 6.47. The smallest absolute Gasteiger partial charge is 0.224 e. The number of aryl methyl sites for hydroxylation is 2. The zero-order valence-electron chi connectivity index (χ0n) is 12.8. The zero-order chi connectivity index (χ0) is 15.3. The van der Waals surface area contributed by atoms with Gasteiger partial charge in [0.2, 0.25) is 11.8 Å². The Bertz CT molecular complexity index is 716. The van der Waals surface area contributed by atoms with E-state index in [4.69, 9.17) is 16.0 Å². The van der Waals surface area contributed by atoms with Gasteiger partial charge in [-0.15, -0.1) is 10.2 Å². The molecule has 1 aliphatic heterocycles. The van der Waals surface area contributed by atoms with E-state index >= 15 is 0 Å². The van der Waals surface area contributed by atoms with Crippen molar-refractivity contribution in [2.45, 2.75) is 38.5 Å². The summed E-state index contributed by atoms with van der Waals surface area (Å²) in [5.41, 5.74) is 1.93. The largest absolute Gasteiger partial charge is 0.425 e. The fourth-order valence-corrected chi connectivity index (χ4v) is 4.33. The Kier molecular flexibility index (Phi) is 3.15. The van der Waals surface area contributed by atoms with Crippen LogP contribution in [-0.2, 0) is 5.41 Å². The van der Waals surface area contributed by atoms with Crippen molar-refractivity contribution in [1.82, 2.24) is 15.2 Å². The summed E-state index contributed by atoms with van der Waals surface area (Å²) in [6, 6.07) is 2.00. The SMILES string of the molecule is Cc1nnc([C@]23CCC[C@H]2CN(c2ccnc(C)c2Cl)C3)o1. The Labute approximate surface area is 134 Å². The minimum Gasteiger partial charge on any atom is -0.425 e. The molecule has 0 radical (unpaired) electrons. The molecule has 0 amide bonds. The van der Waals surface area contributed by atoms with Gasteiger partial charge in [-0.3, -0.25) is 4.98 Å². The van der Waals surface area contributed by atoms with E-state index in [0.717, 1.165) is 41.8 Å². The lowest BCUT2D eigenvalue weighted by molar-refractivity contribution is 0.299. The number of hydrogen-bond acceptors (Lipinski definition) is 5. The van der Waals surface area contributed by atoms with Gasteiger partial charge in [-0.2, -0.15) is 0 Å². The summed E-state index contributed by atoms with van der Waals surface area (Å²) in [5, 5.41) is 9.13. The van der Waals surface area contributed by atoms with Gasteiger partial charge in [0.1, 0.15) is 0 Å². The Hall–Kier alpha value is -1.62. The second-order valence-corrected chi connectivity index (χ2v) is 6.86. The molecule has 1 aliphatic carbocycles. The third-order valence-electron chi connectivity index (χ3n) is 5.21. The number of halogens is 1. The fraction of sp³-hybridized carbons (Fsp3) is 0.562. The van der Waals surface area contributed by atoms with Gasteiger partial charge in [0.25, 0.3) is 0 Å². The molecular weight excluding hydrogens is 300 g/mol. The standard InChI is InChI=1S/C16H19ClN4O/c1-10-14(17)13(5-7-18-10)21-8-12-4-3-6-16(12,9-21)15-20-19-11(2)22-15/h5,7,12H,3-4,6,8-9H2,1-2H3/t12-,16-/m0/s1. The molecule has 0 spiro atoms. The van der Waals surface area contributed by atoms with E-state index in [1.165, 1.54) is 12.8 Å². The molecule has 1 saturated heterocycles. The molecule has 0 unspecified atom stereocenters. The van der Waals surface area contributed by atoms with Gasteiger partial charge in [-0.1, -0.05) is 18.0 Å². The van der Waals surface area contributed by atoms with Crippen LogP contribution in [-0.4, -0.2) is 28.3 Å². The average Bonchev–Trinajstić information content (AvgIpc) is 3.15. The fourth-order valence-electron chi connectivity index (χ4n) is 4.10. The molecule has 2 aliphatic rings. The topological polar surface area (TPSA) is 55.1 Å². The van der Waals surface area contributed by atoms with Crippen molar-refractivity contribution >= 4 is 17.3 Å². The summed E-state index contributed by atoms with van der Waals surface area (Å²) < 4.78 is 5.82. The summed E-state index contributed by atoms with van der Waals surface area (Å²) in [5.74, 6) is 2.00. The van der Waals surface area contributed by atoms with Gasteiger partial charge in [0.05, 0.1) is 21.8 Å². The first-order valence-corrected chi connectivity index (χ1v) is 8.14. The van der Waals surface area contributed by atoms with Gasteiger partial charge >= 0.3 is 0 Å². The number of fused-ring (bicyclic) bond motifs is 1. The molecule has 116 valence electrons. The van der Waals surface area contributed by atoms with Crippen LogP contribution >= 0.6 is 11.6 Å². The molecule has 0 aromatic carbocycles. The van der Waals surface area contributed by atoms with Crippen molar-refractivity contribution in [3.63, 3.8) is 0 Å². The van der Waals surface area contributed by atoms with Crippen LogP contribution in [0.25, 0.3) is 0 Å². The summed E-state index contributed by atoms with van der Waals surface area (Å²) in [6.45, 7) is 5.68. The Morgan fingerprint density at radius 1 is 1.36 bits per heavy atom. The van der Waals surface area contributed by atoms with Crippen LogP contribution in [0.4, 0.5) is 5.69 Å². The molecule has 1 saturated carbocycles.